The van der Waals surface area contributed by atoms with E-state index in [9.17, 15) is 30.0 Å². The fourth-order valence-electron chi connectivity index (χ4n) is 4.24. The molecule has 1 aliphatic carbocycles. The minimum absolute atomic E-state index is 0.0192. The van der Waals surface area contributed by atoms with Crippen molar-refractivity contribution in [3.05, 3.63) is 43.9 Å². The van der Waals surface area contributed by atoms with Crippen molar-refractivity contribution in [1.29, 1.82) is 0 Å². The van der Waals surface area contributed by atoms with Crippen LogP contribution in [0.3, 0.4) is 0 Å². The molecule has 33 heavy (non-hydrogen) atoms. The summed E-state index contributed by atoms with van der Waals surface area (Å²) in [4.78, 5) is 21.3. The van der Waals surface area contributed by atoms with Crippen LogP contribution in [0.5, 0.6) is 23.0 Å². The van der Waals surface area contributed by atoms with Gasteiger partial charge in [-0.3, -0.25) is 4.79 Å². The number of benzene rings is 2. The summed E-state index contributed by atoms with van der Waals surface area (Å²) in [7, 11) is 1.38. The van der Waals surface area contributed by atoms with Crippen molar-refractivity contribution in [3.8, 4) is 23.0 Å². The van der Waals surface area contributed by atoms with Gasteiger partial charge in [-0.05, 0) is 57.7 Å². The van der Waals surface area contributed by atoms with Gasteiger partial charge in [-0.1, -0.05) is 23.2 Å². The van der Waals surface area contributed by atoms with Gasteiger partial charge in [-0.25, -0.2) is 0 Å². The minimum Gasteiger partial charge on any atom is -0.508 e. The number of aromatic hydroxyl groups is 3. The zero-order valence-electron chi connectivity index (χ0n) is 19.3. The van der Waals surface area contributed by atoms with Crippen LogP contribution >= 0.6 is 23.2 Å². The number of phenols is 3. The average molecular weight is 499 g/mol. The zero-order chi connectivity index (χ0) is 25.4. The molecular weight excluding hydrogens is 471 g/mol. The van der Waals surface area contributed by atoms with Gasteiger partial charge in [0.2, 0.25) is 0 Å². The van der Waals surface area contributed by atoms with Gasteiger partial charge >= 0.3 is 0 Å². The molecule has 0 aliphatic heterocycles. The SMILES string of the molecule is CC(C)=O.COc1c(Cl)c(C)c(Cl)c(O)c1[C@H]1c2c(C=O)c(O)cc(O)c2C[C@@H]1C(C)(C)O. The molecule has 4 N–H and O–H groups in total. The molecule has 0 saturated heterocycles. The second-order valence-corrected chi connectivity index (χ2v) is 9.49. The van der Waals surface area contributed by atoms with E-state index in [4.69, 9.17) is 27.9 Å². The Kier molecular flexibility index (Phi) is 7.94. The molecule has 2 atom stereocenters. The van der Waals surface area contributed by atoms with Crippen molar-refractivity contribution in [3.63, 3.8) is 0 Å². The normalized spacial score (nSPS) is 17.1. The summed E-state index contributed by atoms with van der Waals surface area (Å²) in [5, 5.41) is 42.7. The summed E-state index contributed by atoms with van der Waals surface area (Å²) in [6, 6.07) is 1.10. The van der Waals surface area contributed by atoms with Gasteiger partial charge in [0.05, 0.1) is 28.3 Å². The third-order valence-electron chi connectivity index (χ3n) is 5.72. The molecule has 0 fully saturated rings. The second-order valence-electron chi connectivity index (χ2n) is 8.74. The van der Waals surface area contributed by atoms with Gasteiger partial charge < -0.3 is 30.0 Å². The number of aldehydes is 1. The number of aliphatic hydroxyl groups is 1. The van der Waals surface area contributed by atoms with Crippen molar-refractivity contribution < 1.29 is 34.8 Å². The Labute approximate surface area is 202 Å². The minimum atomic E-state index is -1.28. The molecule has 0 saturated carbocycles. The summed E-state index contributed by atoms with van der Waals surface area (Å²) in [5.74, 6) is -2.00. The number of hydrogen-bond acceptors (Lipinski definition) is 7. The first-order chi connectivity index (χ1) is 15.2. The van der Waals surface area contributed by atoms with E-state index in [0.29, 0.717) is 23.0 Å². The highest BCUT2D eigenvalue weighted by atomic mass is 35.5. The molecule has 0 radical (unpaired) electrons. The number of hydrogen-bond donors (Lipinski definition) is 4. The third kappa shape index (κ3) is 4.90. The first-order valence-corrected chi connectivity index (χ1v) is 10.9. The predicted octanol–water partition coefficient (Wildman–Crippen LogP) is 4.91. The first kappa shape index (κ1) is 26.8. The Balaban J connectivity index is 0.000000890. The fourth-order valence-corrected chi connectivity index (χ4v) is 4.76. The molecule has 0 aromatic heterocycles. The van der Waals surface area contributed by atoms with E-state index < -0.39 is 23.2 Å². The summed E-state index contributed by atoms with van der Waals surface area (Å²) in [6.45, 7) is 7.87. The van der Waals surface area contributed by atoms with Crippen LogP contribution in [0.25, 0.3) is 0 Å². The first-order valence-electron chi connectivity index (χ1n) is 10.2. The van der Waals surface area contributed by atoms with Gasteiger partial charge in [0, 0.05) is 23.5 Å². The molecule has 0 heterocycles. The van der Waals surface area contributed by atoms with Crippen molar-refractivity contribution in [1.82, 2.24) is 0 Å². The number of ketones is 1. The lowest BCUT2D eigenvalue weighted by Crippen LogP contribution is -2.34. The number of carbonyl (C=O) groups is 2. The molecule has 0 bridgehead atoms. The highest BCUT2D eigenvalue weighted by Gasteiger charge is 2.47. The van der Waals surface area contributed by atoms with Crippen molar-refractivity contribution in [2.24, 2.45) is 5.92 Å². The highest BCUT2D eigenvalue weighted by molar-refractivity contribution is 6.38. The van der Waals surface area contributed by atoms with Crippen LogP contribution < -0.4 is 4.74 Å². The van der Waals surface area contributed by atoms with E-state index in [1.165, 1.54) is 21.0 Å². The summed E-state index contributed by atoms with van der Waals surface area (Å²) in [5.41, 5.74) is -0.0204. The van der Waals surface area contributed by atoms with Crippen molar-refractivity contribution >= 4 is 35.3 Å². The zero-order valence-corrected chi connectivity index (χ0v) is 20.8. The number of fused-ring (bicyclic) bond motifs is 1. The van der Waals surface area contributed by atoms with Gasteiger partial charge in [0.15, 0.2) is 6.29 Å². The Morgan fingerprint density at radius 2 is 1.67 bits per heavy atom. The lowest BCUT2D eigenvalue weighted by Gasteiger charge is -2.33. The molecule has 0 spiro atoms. The van der Waals surface area contributed by atoms with E-state index in [2.05, 4.69) is 0 Å². The van der Waals surface area contributed by atoms with E-state index >= 15 is 0 Å². The second kappa shape index (κ2) is 9.79. The van der Waals surface area contributed by atoms with Crippen molar-refractivity contribution in [2.75, 3.05) is 7.11 Å². The van der Waals surface area contributed by atoms with Crippen LogP contribution in [0, 0.1) is 12.8 Å². The van der Waals surface area contributed by atoms with Gasteiger partial charge in [0.25, 0.3) is 0 Å². The Morgan fingerprint density at radius 3 is 2.12 bits per heavy atom. The molecule has 9 heteroatoms. The number of Topliss-reactive ketones (excluding diaryl/α,β-unsaturated/α-hetero) is 1. The molecule has 0 unspecified atom stereocenters. The fraction of sp³-hybridized carbons (Fsp3) is 0.417. The quantitative estimate of drug-likeness (QED) is 0.441. The number of ether oxygens (including phenoxy) is 1. The highest BCUT2D eigenvalue weighted by Crippen LogP contribution is 2.58. The van der Waals surface area contributed by atoms with E-state index in [1.807, 2.05) is 0 Å². The summed E-state index contributed by atoms with van der Waals surface area (Å²) in [6.07, 6.45) is 0.677. The van der Waals surface area contributed by atoms with Crippen LogP contribution in [-0.4, -0.2) is 45.2 Å². The lowest BCUT2D eigenvalue weighted by molar-refractivity contribution is -0.115. The molecule has 0 amide bonds. The maximum absolute atomic E-state index is 11.8. The number of rotatable bonds is 4. The average Bonchev–Trinajstić information content (AvgIpc) is 3.10. The van der Waals surface area contributed by atoms with Gasteiger partial charge in [-0.2, -0.15) is 0 Å². The molecular formula is C24H28Cl2O7. The van der Waals surface area contributed by atoms with Gasteiger partial charge in [-0.15, -0.1) is 0 Å². The Hall–Kier alpha value is -2.48. The number of carbonyl (C=O) groups excluding carboxylic acids is 2. The van der Waals surface area contributed by atoms with Crippen LogP contribution in [0.15, 0.2) is 6.07 Å². The Bertz CT molecular complexity index is 1100. The third-order valence-corrected chi connectivity index (χ3v) is 6.63. The van der Waals surface area contributed by atoms with Crippen molar-refractivity contribution in [2.45, 2.75) is 52.6 Å². The lowest BCUT2D eigenvalue weighted by atomic mass is 9.75. The van der Waals surface area contributed by atoms with Crippen LogP contribution in [0.4, 0.5) is 0 Å². The van der Waals surface area contributed by atoms with E-state index in [1.54, 1.807) is 20.8 Å². The number of methoxy groups -OCH3 is 1. The largest absolute Gasteiger partial charge is 0.508 e. The maximum atomic E-state index is 11.8. The van der Waals surface area contributed by atoms with E-state index in [-0.39, 0.29) is 50.6 Å². The number of halogens is 2. The monoisotopic (exact) mass is 498 g/mol. The maximum Gasteiger partial charge on any atom is 0.154 e. The summed E-state index contributed by atoms with van der Waals surface area (Å²) < 4.78 is 5.47. The molecule has 2 aromatic rings. The number of phenolic OH excluding ortho intramolecular Hbond substituents is 3. The molecule has 3 rings (SSSR count). The standard InChI is InChI=1S/C21H22Cl2O6.C3H6O/c1-8-17(22)19(27)16(20(29-4)18(8)23)15-11(21(2,3)28)5-9-12(25)6-13(26)10(7-24)14(9)15;1-3(2)4/h6-7,11,15,25-28H,5H2,1-4H3;1-2H3/t11-,15+;/m0./s1. The van der Waals surface area contributed by atoms with Crippen LogP contribution in [-0.2, 0) is 11.2 Å². The molecule has 1 aliphatic rings. The summed E-state index contributed by atoms with van der Waals surface area (Å²) >= 11 is 12.7. The predicted molar refractivity (Wildman–Crippen MR) is 126 cm³/mol. The smallest absolute Gasteiger partial charge is 0.154 e. The molecule has 180 valence electrons. The molecule has 2 aromatic carbocycles. The Morgan fingerprint density at radius 1 is 1.12 bits per heavy atom. The molecule has 7 nitrogen and oxygen atoms in total. The van der Waals surface area contributed by atoms with Crippen LogP contribution in [0.2, 0.25) is 10.0 Å². The van der Waals surface area contributed by atoms with E-state index in [0.717, 1.165) is 6.07 Å². The van der Waals surface area contributed by atoms with Gasteiger partial charge in [0.1, 0.15) is 28.8 Å². The topological polar surface area (TPSA) is 124 Å². The van der Waals surface area contributed by atoms with Crippen LogP contribution in [0.1, 0.15) is 66.2 Å².